The SMILES string of the molecule is COc1cccc(Cn2cc(-c3ccc(Nc4nc(Oc5c(C)cc(C#N)cc5C)c5sccc5n4)cc3)nn2)c1. The molecule has 9 nitrogen and oxygen atoms in total. The zero-order chi connectivity index (χ0) is 28.3. The maximum atomic E-state index is 9.28. The summed E-state index contributed by atoms with van der Waals surface area (Å²) in [6.07, 6.45) is 1.92. The average Bonchev–Trinajstić information content (AvgIpc) is 3.65. The highest BCUT2D eigenvalue weighted by molar-refractivity contribution is 7.17. The van der Waals surface area contributed by atoms with Gasteiger partial charge in [-0.1, -0.05) is 29.5 Å². The first-order chi connectivity index (χ1) is 20.0. The molecule has 0 fully saturated rings. The van der Waals surface area contributed by atoms with Gasteiger partial charge in [-0.05, 0) is 78.4 Å². The van der Waals surface area contributed by atoms with Crippen LogP contribution in [0, 0.1) is 25.2 Å². The number of fused-ring (bicyclic) bond motifs is 1. The average molecular weight is 560 g/mol. The number of ether oxygens (including phenoxy) is 2. The number of methoxy groups -OCH3 is 1. The quantitative estimate of drug-likeness (QED) is 0.212. The van der Waals surface area contributed by atoms with Crippen molar-refractivity contribution < 1.29 is 9.47 Å². The highest BCUT2D eigenvalue weighted by atomic mass is 32.1. The van der Waals surface area contributed by atoms with E-state index in [-0.39, 0.29) is 0 Å². The van der Waals surface area contributed by atoms with Crippen molar-refractivity contribution in [2.45, 2.75) is 20.4 Å². The van der Waals surface area contributed by atoms with E-state index in [1.165, 1.54) is 11.3 Å². The van der Waals surface area contributed by atoms with Crippen LogP contribution in [0.2, 0.25) is 0 Å². The van der Waals surface area contributed by atoms with E-state index in [1.54, 1.807) is 11.8 Å². The third kappa shape index (κ3) is 5.57. The Morgan fingerprint density at radius 2 is 1.80 bits per heavy atom. The van der Waals surface area contributed by atoms with Gasteiger partial charge in [-0.15, -0.1) is 16.4 Å². The molecule has 3 heterocycles. The number of nitrogens with one attached hydrogen (secondary N) is 1. The Balaban J connectivity index is 1.20. The number of rotatable bonds is 8. The summed E-state index contributed by atoms with van der Waals surface area (Å²) in [5, 5.41) is 23.2. The van der Waals surface area contributed by atoms with E-state index >= 15 is 0 Å². The summed E-state index contributed by atoms with van der Waals surface area (Å²) in [6, 6.07) is 23.5. The molecule has 0 radical (unpaired) electrons. The number of nitriles is 1. The summed E-state index contributed by atoms with van der Waals surface area (Å²) in [4.78, 5) is 9.36. The molecule has 202 valence electrons. The van der Waals surface area contributed by atoms with E-state index in [0.717, 1.165) is 49.6 Å². The molecule has 3 aromatic carbocycles. The second-order valence-corrected chi connectivity index (χ2v) is 10.4. The molecular weight excluding hydrogens is 534 g/mol. The summed E-state index contributed by atoms with van der Waals surface area (Å²) in [6.45, 7) is 4.44. The molecule has 41 heavy (non-hydrogen) atoms. The van der Waals surface area contributed by atoms with Crippen LogP contribution in [0.25, 0.3) is 21.5 Å². The molecule has 1 N–H and O–H groups in total. The number of hydrogen-bond acceptors (Lipinski definition) is 9. The van der Waals surface area contributed by atoms with Gasteiger partial charge in [0.25, 0.3) is 0 Å². The highest BCUT2D eigenvalue weighted by Gasteiger charge is 2.15. The van der Waals surface area contributed by atoms with Gasteiger partial charge in [0.05, 0.1) is 37.0 Å². The Hall–Kier alpha value is -5.27. The van der Waals surface area contributed by atoms with Crippen LogP contribution in [0.15, 0.2) is 78.3 Å². The van der Waals surface area contributed by atoms with Gasteiger partial charge in [-0.3, -0.25) is 0 Å². The molecule has 0 aliphatic rings. The molecule has 0 aliphatic carbocycles. The van der Waals surface area contributed by atoms with Crippen LogP contribution in [0.4, 0.5) is 11.6 Å². The molecule has 0 saturated heterocycles. The predicted molar refractivity (Wildman–Crippen MR) is 159 cm³/mol. The van der Waals surface area contributed by atoms with Crippen molar-refractivity contribution in [3.8, 4) is 34.7 Å². The highest BCUT2D eigenvalue weighted by Crippen LogP contribution is 2.36. The topological polar surface area (TPSA) is 111 Å². The van der Waals surface area contributed by atoms with Crippen LogP contribution in [-0.2, 0) is 6.54 Å². The minimum Gasteiger partial charge on any atom is -0.497 e. The lowest BCUT2D eigenvalue weighted by molar-refractivity contribution is 0.414. The Bertz CT molecular complexity index is 1880. The fraction of sp³-hybridized carbons (Fsp3) is 0.129. The third-order valence-corrected chi connectivity index (χ3v) is 7.41. The van der Waals surface area contributed by atoms with Crippen molar-refractivity contribution in [3.63, 3.8) is 0 Å². The van der Waals surface area contributed by atoms with E-state index < -0.39 is 0 Å². The number of benzene rings is 3. The molecule has 6 aromatic rings. The number of thiophene rings is 1. The lowest BCUT2D eigenvalue weighted by atomic mass is 10.1. The van der Waals surface area contributed by atoms with E-state index in [2.05, 4.69) is 26.7 Å². The van der Waals surface area contributed by atoms with Crippen molar-refractivity contribution in [2.24, 2.45) is 0 Å². The van der Waals surface area contributed by atoms with Gasteiger partial charge in [0, 0.05) is 11.3 Å². The van der Waals surface area contributed by atoms with Crippen LogP contribution in [0.5, 0.6) is 17.4 Å². The van der Waals surface area contributed by atoms with Crippen LogP contribution < -0.4 is 14.8 Å². The molecule has 0 unspecified atom stereocenters. The Morgan fingerprint density at radius 1 is 1.00 bits per heavy atom. The summed E-state index contributed by atoms with van der Waals surface area (Å²) in [5.74, 6) is 2.39. The van der Waals surface area contributed by atoms with E-state index in [0.29, 0.717) is 29.7 Å². The molecule has 0 bridgehead atoms. The summed E-state index contributed by atoms with van der Waals surface area (Å²) in [7, 11) is 1.66. The van der Waals surface area contributed by atoms with Crippen molar-refractivity contribution in [3.05, 3.63) is 101 Å². The number of aromatic nitrogens is 5. The first-order valence-corrected chi connectivity index (χ1v) is 13.7. The predicted octanol–water partition coefficient (Wildman–Crippen LogP) is 7.03. The van der Waals surface area contributed by atoms with Gasteiger partial charge >= 0.3 is 0 Å². The molecular formula is C31H25N7O2S. The number of anilines is 2. The molecule has 10 heteroatoms. The summed E-state index contributed by atoms with van der Waals surface area (Å²) < 4.78 is 14.3. The summed E-state index contributed by atoms with van der Waals surface area (Å²) in [5.41, 5.74) is 6.75. The molecule has 0 amide bonds. The van der Waals surface area contributed by atoms with Gasteiger partial charge in [-0.2, -0.15) is 10.2 Å². The zero-order valence-corrected chi connectivity index (χ0v) is 23.4. The maximum Gasteiger partial charge on any atom is 0.242 e. The van der Waals surface area contributed by atoms with Crippen LogP contribution in [0.1, 0.15) is 22.3 Å². The van der Waals surface area contributed by atoms with Crippen molar-refractivity contribution >= 4 is 33.2 Å². The Morgan fingerprint density at radius 3 is 2.56 bits per heavy atom. The molecule has 0 atom stereocenters. The fourth-order valence-corrected chi connectivity index (χ4v) is 5.31. The Kier molecular flexibility index (Phi) is 7.02. The van der Waals surface area contributed by atoms with Crippen molar-refractivity contribution in [1.29, 1.82) is 5.26 Å². The van der Waals surface area contributed by atoms with Gasteiger partial charge < -0.3 is 14.8 Å². The smallest absolute Gasteiger partial charge is 0.242 e. The molecule has 6 rings (SSSR count). The van der Waals surface area contributed by atoms with Gasteiger partial charge in [-0.25, -0.2) is 9.67 Å². The molecule has 3 aromatic heterocycles. The van der Waals surface area contributed by atoms with Crippen LogP contribution in [-0.4, -0.2) is 32.1 Å². The second kappa shape index (κ2) is 11.1. The minimum absolute atomic E-state index is 0.423. The largest absolute Gasteiger partial charge is 0.497 e. The van der Waals surface area contributed by atoms with E-state index in [9.17, 15) is 5.26 Å². The lowest BCUT2D eigenvalue weighted by Gasteiger charge is -2.13. The van der Waals surface area contributed by atoms with Crippen molar-refractivity contribution in [2.75, 3.05) is 12.4 Å². The maximum absolute atomic E-state index is 9.28. The van der Waals surface area contributed by atoms with E-state index in [1.807, 2.05) is 92.2 Å². The minimum atomic E-state index is 0.423. The first kappa shape index (κ1) is 26.0. The van der Waals surface area contributed by atoms with Gasteiger partial charge in [0.2, 0.25) is 11.8 Å². The van der Waals surface area contributed by atoms with Crippen LogP contribution in [0.3, 0.4) is 0 Å². The van der Waals surface area contributed by atoms with Gasteiger partial charge in [0.1, 0.15) is 21.9 Å². The number of hydrogen-bond donors (Lipinski definition) is 1. The number of nitrogens with zero attached hydrogens (tertiary/aromatic N) is 6. The molecule has 0 spiro atoms. The first-order valence-electron chi connectivity index (χ1n) is 12.8. The fourth-order valence-electron chi connectivity index (χ4n) is 4.55. The summed E-state index contributed by atoms with van der Waals surface area (Å²) >= 11 is 1.52. The number of aryl methyl sites for hydroxylation is 2. The zero-order valence-electron chi connectivity index (χ0n) is 22.6. The Labute approximate surface area is 240 Å². The van der Waals surface area contributed by atoms with Crippen molar-refractivity contribution in [1.82, 2.24) is 25.0 Å². The molecule has 0 saturated carbocycles. The monoisotopic (exact) mass is 559 g/mol. The third-order valence-electron chi connectivity index (χ3n) is 6.51. The lowest BCUT2D eigenvalue weighted by Crippen LogP contribution is -2.00. The second-order valence-electron chi connectivity index (χ2n) is 9.50. The van der Waals surface area contributed by atoms with Gasteiger partial charge in [0.15, 0.2) is 0 Å². The normalized spacial score (nSPS) is 10.9. The molecule has 0 aliphatic heterocycles. The van der Waals surface area contributed by atoms with Crippen LogP contribution >= 0.6 is 11.3 Å². The van der Waals surface area contributed by atoms with E-state index in [4.69, 9.17) is 14.5 Å². The standard InChI is InChI=1S/C31H25N7O2S/c1-19-13-22(16-32)14-20(2)28(19)40-30-29-26(11-12-41-29)34-31(35-30)33-24-9-7-23(8-10-24)27-18-38(37-36-27)17-21-5-4-6-25(15-21)39-3/h4-15,18H,17H2,1-3H3,(H,33,34,35).